The van der Waals surface area contributed by atoms with Gasteiger partial charge in [-0.2, -0.15) is 0 Å². The molecule has 0 aliphatic carbocycles. The molecule has 0 amide bonds. The van der Waals surface area contributed by atoms with Crippen molar-refractivity contribution >= 4 is 22.4 Å². The van der Waals surface area contributed by atoms with Gasteiger partial charge in [0, 0.05) is 35.5 Å². The van der Waals surface area contributed by atoms with E-state index >= 15 is 0 Å². The van der Waals surface area contributed by atoms with Gasteiger partial charge in [-0.25, -0.2) is 0 Å². The number of hydrogen-bond acceptors (Lipinski definition) is 6. The molecule has 1 unspecified atom stereocenters. The van der Waals surface area contributed by atoms with Crippen molar-refractivity contribution in [3.63, 3.8) is 0 Å². The van der Waals surface area contributed by atoms with Gasteiger partial charge in [0.25, 0.3) is 5.69 Å². The maximum atomic E-state index is 13.0. The minimum Gasteiger partial charge on any atom is -0.493 e. The third-order valence-electron chi connectivity index (χ3n) is 6.55. The van der Waals surface area contributed by atoms with Crippen molar-refractivity contribution in [2.24, 2.45) is 5.92 Å². The van der Waals surface area contributed by atoms with Crippen LogP contribution in [0.2, 0.25) is 0 Å². The van der Waals surface area contributed by atoms with E-state index in [-0.39, 0.29) is 11.5 Å². The van der Waals surface area contributed by atoms with E-state index in [0.29, 0.717) is 34.6 Å². The highest BCUT2D eigenvalue weighted by atomic mass is 16.6. The van der Waals surface area contributed by atoms with Gasteiger partial charge in [-0.1, -0.05) is 26.2 Å². The van der Waals surface area contributed by atoms with Crippen molar-refractivity contribution in [1.82, 2.24) is 4.90 Å². The molecule has 1 aliphatic heterocycles. The zero-order chi connectivity index (χ0) is 23.9. The van der Waals surface area contributed by atoms with Crippen molar-refractivity contribution in [1.29, 1.82) is 0 Å². The Morgan fingerprint density at radius 1 is 1.15 bits per heavy atom. The number of unbranched alkanes of at least 4 members (excludes halogenated alkanes) is 1. The first kappa shape index (κ1) is 24.0. The Hall–Kier alpha value is -3.19. The van der Waals surface area contributed by atoms with Gasteiger partial charge >= 0.3 is 0 Å². The number of likely N-dealkylation sites (tertiary alicyclic amines) is 1. The molecule has 2 heterocycles. The van der Waals surface area contributed by atoms with Gasteiger partial charge < -0.3 is 14.1 Å². The molecule has 0 radical (unpaired) electrons. The van der Waals surface area contributed by atoms with E-state index in [1.165, 1.54) is 69.7 Å². The Morgan fingerprint density at radius 3 is 2.62 bits per heavy atom. The Bertz CT molecular complexity index is 1120. The molecule has 2 aromatic carbocycles. The monoisotopic (exact) mass is 464 g/mol. The first-order valence-electron chi connectivity index (χ1n) is 12.2. The average Bonchev–Trinajstić information content (AvgIpc) is 3.29. The Kier molecular flexibility index (Phi) is 7.95. The number of ketones is 1. The molecule has 7 heteroatoms. The van der Waals surface area contributed by atoms with Crippen LogP contribution in [0, 0.1) is 16.0 Å². The molecule has 0 bridgehead atoms. The number of furan rings is 1. The number of fused-ring (bicyclic) bond motifs is 1. The molecule has 7 nitrogen and oxygen atoms in total. The highest BCUT2D eigenvalue weighted by Crippen LogP contribution is 2.28. The molecule has 1 saturated heterocycles. The van der Waals surface area contributed by atoms with Gasteiger partial charge in [-0.15, -0.1) is 0 Å². The van der Waals surface area contributed by atoms with Crippen LogP contribution in [0.1, 0.15) is 61.4 Å². The Morgan fingerprint density at radius 2 is 1.91 bits per heavy atom. The number of rotatable bonds is 11. The molecular formula is C27H32N2O5. The molecule has 1 aromatic heterocycles. The molecule has 180 valence electrons. The van der Waals surface area contributed by atoms with Crippen molar-refractivity contribution in [3.05, 3.63) is 70.0 Å². The zero-order valence-electron chi connectivity index (χ0n) is 19.7. The van der Waals surface area contributed by atoms with Gasteiger partial charge in [-0.3, -0.25) is 14.9 Å². The van der Waals surface area contributed by atoms with Gasteiger partial charge in [0.05, 0.1) is 17.1 Å². The van der Waals surface area contributed by atoms with Gasteiger partial charge in [0.2, 0.25) is 0 Å². The number of nitro benzene ring substituents is 1. The third-order valence-corrected chi connectivity index (χ3v) is 6.55. The van der Waals surface area contributed by atoms with Crippen LogP contribution in [-0.2, 0) is 0 Å². The van der Waals surface area contributed by atoms with Crippen LogP contribution in [0.3, 0.4) is 0 Å². The van der Waals surface area contributed by atoms with E-state index in [1.807, 2.05) is 12.1 Å². The van der Waals surface area contributed by atoms with Crippen LogP contribution in [0.4, 0.5) is 5.69 Å². The van der Waals surface area contributed by atoms with Crippen molar-refractivity contribution < 1.29 is 18.9 Å². The summed E-state index contributed by atoms with van der Waals surface area (Å²) >= 11 is 0. The minimum atomic E-state index is -0.480. The van der Waals surface area contributed by atoms with E-state index in [9.17, 15) is 14.9 Å². The molecule has 3 aromatic rings. The summed E-state index contributed by atoms with van der Waals surface area (Å²) in [5, 5.41) is 11.5. The van der Waals surface area contributed by atoms with E-state index < -0.39 is 4.92 Å². The fourth-order valence-electron chi connectivity index (χ4n) is 4.61. The summed E-state index contributed by atoms with van der Waals surface area (Å²) in [6.45, 7) is 6.34. The highest BCUT2D eigenvalue weighted by molar-refractivity contribution is 6.16. The summed E-state index contributed by atoms with van der Waals surface area (Å²) in [6, 6.07) is 11.4. The number of hydrogen-bond donors (Lipinski definition) is 0. The maximum Gasteiger partial charge on any atom is 0.270 e. The largest absolute Gasteiger partial charge is 0.493 e. The second-order valence-corrected chi connectivity index (χ2v) is 9.12. The van der Waals surface area contributed by atoms with Gasteiger partial charge in [0.1, 0.15) is 17.6 Å². The van der Waals surface area contributed by atoms with Crippen LogP contribution in [0.15, 0.2) is 53.1 Å². The lowest BCUT2D eigenvalue weighted by molar-refractivity contribution is -0.384. The lowest BCUT2D eigenvalue weighted by atomic mass is 10.0. The fourth-order valence-corrected chi connectivity index (χ4v) is 4.61. The van der Waals surface area contributed by atoms with Gasteiger partial charge in [-0.05, 0) is 62.7 Å². The summed E-state index contributed by atoms with van der Waals surface area (Å²) < 4.78 is 11.6. The zero-order valence-corrected chi connectivity index (χ0v) is 19.7. The Balaban J connectivity index is 1.41. The average molecular weight is 465 g/mol. The molecule has 1 aliphatic rings. The predicted octanol–water partition coefficient (Wildman–Crippen LogP) is 6.24. The lowest BCUT2D eigenvalue weighted by Gasteiger charge is -2.30. The Labute approximate surface area is 199 Å². The third kappa shape index (κ3) is 5.83. The molecule has 0 spiro atoms. The number of non-ortho nitro benzene ring substituents is 1. The second-order valence-electron chi connectivity index (χ2n) is 9.12. The number of ether oxygens (including phenoxy) is 1. The summed E-state index contributed by atoms with van der Waals surface area (Å²) in [5.74, 6) is 0.994. The van der Waals surface area contributed by atoms with Crippen molar-refractivity contribution in [2.75, 3.05) is 26.2 Å². The number of nitrogens with zero attached hydrogens (tertiary/aromatic N) is 2. The van der Waals surface area contributed by atoms with Crippen LogP contribution >= 0.6 is 0 Å². The topological polar surface area (TPSA) is 85.8 Å². The number of carbonyl (C=O) groups excluding carboxylic acids is 1. The highest BCUT2D eigenvalue weighted by Gasteiger charge is 2.20. The predicted molar refractivity (Wildman–Crippen MR) is 132 cm³/mol. The smallest absolute Gasteiger partial charge is 0.270 e. The van der Waals surface area contributed by atoms with Crippen molar-refractivity contribution in [3.8, 4) is 5.75 Å². The van der Waals surface area contributed by atoms with Crippen LogP contribution in [0.5, 0.6) is 5.75 Å². The molecule has 0 N–H and O–H groups in total. The molecule has 34 heavy (non-hydrogen) atoms. The fraction of sp³-hybridized carbons (Fsp3) is 0.444. The van der Waals surface area contributed by atoms with E-state index in [0.717, 1.165) is 18.7 Å². The minimum absolute atomic E-state index is 0.0751. The van der Waals surface area contributed by atoms with E-state index in [4.69, 9.17) is 9.15 Å². The van der Waals surface area contributed by atoms with Crippen LogP contribution < -0.4 is 4.74 Å². The maximum absolute atomic E-state index is 13.0. The summed E-state index contributed by atoms with van der Waals surface area (Å²) in [7, 11) is 0. The number of nitro groups is 1. The van der Waals surface area contributed by atoms with Crippen LogP contribution in [-0.4, -0.2) is 41.8 Å². The molecular weight excluding hydrogens is 432 g/mol. The summed E-state index contributed by atoms with van der Waals surface area (Å²) in [4.78, 5) is 26.2. The second kappa shape index (κ2) is 11.3. The summed E-state index contributed by atoms with van der Waals surface area (Å²) in [5.41, 5.74) is 1.17. The first-order valence-corrected chi connectivity index (χ1v) is 12.2. The molecule has 0 saturated carbocycles. The number of carbonyl (C=O) groups is 1. The standard InChI is InChI=1S/C27H32N2O5/c1-2-3-7-20(17-28-14-5-4-6-15-28)18-33-23-11-8-21(9-12-23)27(30)25-19-34-26-13-10-22(29(31)32)16-24(25)26/h8-13,16,19-20H,2-7,14-15,17-18H2,1H3. The quantitative estimate of drug-likeness (QED) is 0.190. The molecule has 4 rings (SSSR count). The van der Waals surface area contributed by atoms with Crippen molar-refractivity contribution in [2.45, 2.75) is 45.4 Å². The first-order chi connectivity index (χ1) is 16.5. The number of benzene rings is 2. The van der Waals surface area contributed by atoms with E-state index in [1.54, 1.807) is 12.1 Å². The number of piperidine rings is 1. The van der Waals surface area contributed by atoms with Gasteiger partial charge in [0.15, 0.2) is 5.78 Å². The SMILES string of the molecule is CCCCC(COc1ccc(C(=O)c2coc3ccc([N+](=O)[O-])cc23)cc1)CN1CCCCC1. The molecule has 1 atom stereocenters. The lowest BCUT2D eigenvalue weighted by Crippen LogP contribution is -2.36. The molecule has 1 fully saturated rings. The van der Waals surface area contributed by atoms with Crippen LogP contribution in [0.25, 0.3) is 11.0 Å². The summed E-state index contributed by atoms with van der Waals surface area (Å²) in [6.07, 6.45) is 8.81. The normalized spacial score (nSPS) is 15.3. The van der Waals surface area contributed by atoms with E-state index in [2.05, 4.69) is 11.8 Å².